The van der Waals surface area contributed by atoms with Crippen molar-refractivity contribution < 1.29 is 15.3 Å². The average molecular weight is 475 g/mol. The van der Waals surface area contributed by atoms with Crippen LogP contribution in [0.4, 0.5) is 0 Å². The van der Waals surface area contributed by atoms with Crippen LogP contribution in [0.3, 0.4) is 0 Å². The van der Waals surface area contributed by atoms with E-state index in [1.54, 1.807) is 5.57 Å². The number of aliphatic hydroxyl groups is 3. The fraction of sp³-hybridized carbons (Fsp3) is 0.871. The molecule has 0 aromatic heterocycles. The average Bonchev–Trinajstić information content (AvgIpc) is 3.07. The largest absolute Gasteiger partial charge is 0.393 e. The lowest BCUT2D eigenvalue weighted by Crippen LogP contribution is -2.37. The summed E-state index contributed by atoms with van der Waals surface area (Å²) >= 11 is 0. The second-order valence-electron chi connectivity index (χ2n) is 13.6. The molecule has 0 radical (unpaired) electrons. The van der Waals surface area contributed by atoms with Crippen molar-refractivity contribution in [2.24, 2.45) is 23.2 Å². The minimum atomic E-state index is -0.583. The number of rotatable bonds is 10. The third kappa shape index (κ3) is 7.93. The van der Waals surface area contributed by atoms with Gasteiger partial charge in [-0.1, -0.05) is 55.9 Å². The summed E-state index contributed by atoms with van der Waals surface area (Å²) in [6.45, 7) is 10.3. The molecule has 0 saturated heterocycles. The Hall–Kier alpha value is -0.640. The highest BCUT2D eigenvalue weighted by Crippen LogP contribution is 2.60. The molecule has 3 N–H and O–H groups in total. The van der Waals surface area contributed by atoms with Gasteiger partial charge in [-0.05, 0) is 121 Å². The Kier molecular flexibility index (Phi) is 9.54. The molecule has 3 saturated carbocycles. The minimum absolute atomic E-state index is 0.139. The summed E-state index contributed by atoms with van der Waals surface area (Å²) in [7, 11) is 0. The van der Waals surface area contributed by atoms with Gasteiger partial charge in [0.05, 0.1) is 17.3 Å². The van der Waals surface area contributed by atoms with Gasteiger partial charge in [-0.2, -0.15) is 0 Å². The third-order valence-corrected chi connectivity index (χ3v) is 9.40. The molecule has 0 aromatic rings. The summed E-state index contributed by atoms with van der Waals surface area (Å²) < 4.78 is 0. The van der Waals surface area contributed by atoms with Gasteiger partial charge >= 0.3 is 0 Å². The number of hydrogen-bond donors (Lipinski definition) is 3. The molecule has 3 fully saturated rings. The second-order valence-corrected chi connectivity index (χ2v) is 13.6. The zero-order valence-electron chi connectivity index (χ0n) is 22.9. The van der Waals surface area contributed by atoms with E-state index in [-0.39, 0.29) is 6.10 Å². The van der Waals surface area contributed by atoms with Crippen LogP contribution in [0.2, 0.25) is 0 Å². The van der Waals surface area contributed by atoms with E-state index in [0.29, 0.717) is 17.3 Å². The zero-order chi connectivity index (χ0) is 25.0. The molecule has 3 rings (SSSR count). The molecule has 3 heteroatoms. The third-order valence-electron chi connectivity index (χ3n) is 9.40. The fourth-order valence-corrected chi connectivity index (χ4v) is 7.64. The maximum atomic E-state index is 10.3. The van der Waals surface area contributed by atoms with Crippen molar-refractivity contribution in [1.29, 1.82) is 0 Å². The quantitative estimate of drug-likeness (QED) is 0.307. The van der Waals surface area contributed by atoms with Crippen molar-refractivity contribution in [3.63, 3.8) is 0 Å². The van der Waals surface area contributed by atoms with E-state index in [9.17, 15) is 15.3 Å². The van der Waals surface area contributed by atoms with Crippen LogP contribution in [-0.2, 0) is 0 Å². The first-order valence-electron chi connectivity index (χ1n) is 14.4. The summed E-state index contributed by atoms with van der Waals surface area (Å²) in [5.74, 6) is 2.13. The van der Waals surface area contributed by atoms with Crippen molar-refractivity contribution in [3.8, 4) is 0 Å². The van der Waals surface area contributed by atoms with E-state index in [4.69, 9.17) is 0 Å². The SMILES string of the molecule is CC(C)(O)CCCC(CCCC(C)(C)O)[C@H]1CC[C@H]2/C(=C/C=C3/CCC[C@H](O)C3)CCC[C@]12C. The summed E-state index contributed by atoms with van der Waals surface area (Å²) in [5.41, 5.74) is 2.31. The predicted octanol–water partition coefficient (Wildman–Crippen LogP) is 7.49. The topological polar surface area (TPSA) is 60.7 Å². The molecular weight excluding hydrogens is 420 g/mol. The zero-order valence-corrected chi connectivity index (χ0v) is 22.9. The van der Waals surface area contributed by atoms with Gasteiger partial charge in [-0.3, -0.25) is 0 Å². The summed E-state index contributed by atoms with van der Waals surface area (Å²) in [5, 5.41) is 30.6. The normalized spacial score (nSPS) is 33.1. The van der Waals surface area contributed by atoms with Crippen molar-refractivity contribution in [2.75, 3.05) is 0 Å². The van der Waals surface area contributed by atoms with Gasteiger partial charge in [-0.15, -0.1) is 0 Å². The lowest BCUT2D eigenvalue weighted by molar-refractivity contribution is 0.0480. The first-order chi connectivity index (χ1) is 15.9. The van der Waals surface area contributed by atoms with Crippen molar-refractivity contribution in [2.45, 2.75) is 148 Å². The van der Waals surface area contributed by atoms with E-state index < -0.39 is 11.2 Å². The molecule has 34 heavy (non-hydrogen) atoms. The molecular formula is C31H54O3. The lowest BCUT2D eigenvalue weighted by atomic mass is 9.60. The fourth-order valence-electron chi connectivity index (χ4n) is 7.64. The number of fused-ring (bicyclic) bond motifs is 1. The Morgan fingerprint density at radius 1 is 0.912 bits per heavy atom. The first-order valence-corrected chi connectivity index (χ1v) is 14.4. The summed E-state index contributed by atoms with van der Waals surface area (Å²) in [6.07, 6.45) is 21.6. The molecule has 0 amide bonds. The maximum Gasteiger partial charge on any atom is 0.0591 e. The Balaban J connectivity index is 1.72. The Bertz CT molecular complexity index is 687. The highest BCUT2D eigenvalue weighted by atomic mass is 16.3. The van der Waals surface area contributed by atoms with Gasteiger partial charge in [0.2, 0.25) is 0 Å². The van der Waals surface area contributed by atoms with Gasteiger partial charge in [0.25, 0.3) is 0 Å². The molecule has 3 nitrogen and oxygen atoms in total. The molecule has 0 heterocycles. The number of aliphatic hydroxyl groups excluding tert-OH is 1. The highest BCUT2D eigenvalue weighted by Gasteiger charge is 2.51. The Labute approximate surface area is 210 Å². The minimum Gasteiger partial charge on any atom is -0.393 e. The van der Waals surface area contributed by atoms with Crippen LogP contribution in [0.1, 0.15) is 131 Å². The van der Waals surface area contributed by atoms with E-state index in [1.165, 1.54) is 50.5 Å². The molecule has 3 aliphatic rings. The second kappa shape index (κ2) is 11.6. The Morgan fingerprint density at radius 3 is 2.15 bits per heavy atom. The van der Waals surface area contributed by atoms with Gasteiger partial charge in [0.15, 0.2) is 0 Å². The monoisotopic (exact) mass is 474 g/mol. The van der Waals surface area contributed by atoms with Crippen LogP contribution in [0, 0.1) is 23.2 Å². The van der Waals surface area contributed by atoms with Gasteiger partial charge in [0.1, 0.15) is 0 Å². The Morgan fingerprint density at radius 2 is 1.56 bits per heavy atom. The lowest BCUT2D eigenvalue weighted by Gasteiger charge is -2.45. The van der Waals surface area contributed by atoms with E-state index in [2.05, 4.69) is 19.1 Å². The van der Waals surface area contributed by atoms with Crippen molar-refractivity contribution >= 4 is 0 Å². The van der Waals surface area contributed by atoms with Crippen molar-refractivity contribution in [1.82, 2.24) is 0 Å². The molecule has 0 aliphatic heterocycles. The van der Waals surface area contributed by atoms with Gasteiger partial charge in [0, 0.05) is 0 Å². The molecule has 0 unspecified atom stereocenters. The molecule has 0 spiro atoms. The van der Waals surface area contributed by atoms with E-state index in [1.807, 2.05) is 27.7 Å². The van der Waals surface area contributed by atoms with E-state index in [0.717, 1.165) is 57.3 Å². The van der Waals surface area contributed by atoms with E-state index >= 15 is 0 Å². The number of allylic oxidation sites excluding steroid dienone is 3. The molecule has 3 aliphatic carbocycles. The highest BCUT2D eigenvalue weighted by molar-refractivity contribution is 5.26. The first kappa shape index (κ1) is 27.9. The molecule has 4 atom stereocenters. The van der Waals surface area contributed by atoms with Crippen LogP contribution >= 0.6 is 0 Å². The smallest absolute Gasteiger partial charge is 0.0591 e. The predicted molar refractivity (Wildman–Crippen MR) is 143 cm³/mol. The number of hydrogen-bond acceptors (Lipinski definition) is 3. The van der Waals surface area contributed by atoms with Gasteiger partial charge < -0.3 is 15.3 Å². The molecule has 0 bridgehead atoms. The van der Waals surface area contributed by atoms with Crippen LogP contribution in [0.15, 0.2) is 23.3 Å². The summed E-state index contributed by atoms with van der Waals surface area (Å²) in [6, 6.07) is 0. The van der Waals surface area contributed by atoms with Crippen LogP contribution < -0.4 is 0 Å². The van der Waals surface area contributed by atoms with Crippen LogP contribution in [-0.4, -0.2) is 32.6 Å². The van der Waals surface area contributed by atoms with Crippen molar-refractivity contribution in [3.05, 3.63) is 23.3 Å². The molecule has 0 aromatic carbocycles. The summed E-state index contributed by atoms with van der Waals surface area (Å²) in [4.78, 5) is 0. The van der Waals surface area contributed by atoms with Crippen LogP contribution in [0.5, 0.6) is 0 Å². The molecule has 196 valence electrons. The van der Waals surface area contributed by atoms with Gasteiger partial charge in [-0.25, -0.2) is 0 Å². The van der Waals surface area contributed by atoms with Crippen LogP contribution in [0.25, 0.3) is 0 Å². The maximum absolute atomic E-state index is 10.3. The standard InChI is InChI=1S/C31H54O3/c1-29(2,33)19-7-11-24(12-8-20-30(3,4)34)27-17-18-28-25(13-9-21-31(27,28)5)16-15-23-10-6-14-26(32)22-23/h15-16,24,26-28,32-34H,6-14,17-22H2,1-5H3/b23-15-,25-16+/t26-,27+,28-,31+/m0/s1.